The molecule has 6 nitrogen and oxygen atoms in total. The van der Waals surface area contributed by atoms with Gasteiger partial charge < -0.3 is 15.4 Å². The van der Waals surface area contributed by atoms with E-state index >= 15 is 0 Å². The van der Waals surface area contributed by atoms with E-state index in [1.54, 1.807) is 18.2 Å². The fourth-order valence-corrected chi connectivity index (χ4v) is 2.80. The molecule has 0 saturated carbocycles. The molecule has 0 aromatic heterocycles. The van der Waals surface area contributed by atoms with Crippen molar-refractivity contribution in [2.24, 2.45) is 0 Å². The number of nitrogens with zero attached hydrogens (tertiary/aromatic N) is 1. The Hall–Kier alpha value is -2.86. The molecule has 2 aromatic rings. The predicted octanol–water partition coefficient (Wildman–Crippen LogP) is 3.84. The first-order valence-corrected chi connectivity index (χ1v) is 8.65. The summed E-state index contributed by atoms with van der Waals surface area (Å²) in [4.78, 5) is 24.1. The van der Waals surface area contributed by atoms with Crippen molar-refractivity contribution < 1.29 is 14.3 Å². The maximum Gasteiger partial charge on any atom is 0.339 e. The number of carbonyl (C=O) groups excluding carboxylic acids is 2. The number of ether oxygens (including phenoxy) is 1. The summed E-state index contributed by atoms with van der Waals surface area (Å²) in [5.41, 5.74) is 2.14. The first-order valence-electron chi connectivity index (χ1n) is 7.58. The number of benzene rings is 2. The zero-order valence-corrected chi connectivity index (χ0v) is 16.3. The summed E-state index contributed by atoms with van der Waals surface area (Å²) in [7, 11) is 1.26. The predicted molar refractivity (Wildman–Crippen MR) is 108 cm³/mol. The van der Waals surface area contributed by atoms with Gasteiger partial charge in [0.15, 0.2) is 0 Å². The lowest BCUT2D eigenvalue weighted by atomic mass is 10.1. The quantitative estimate of drug-likeness (QED) is 0.306. The molecule has 0 atom stereocenters. The summed E-state index contributed by atoms with van der Waals surface area (Å²) in [6, 6.07) is 14.0. The van der Waals surface area contributed by atoms with Gasteiger partial charge in [0.2, 0.25) is 0 Å². The number of esters is 1. The number of halogens is 1. The maximum atomic E-state index is 12.4. The topological polar surface area (TPSA) is 91.2 Å². The van der Waals surface area contributed by atoms with Crippen molar-refractivity contribution in [3.05, 3.63) is 68.9 Å². The number of methoxy groups -OCH3 is 1. The van der Waals surface area contributed by atoms with E-state index in [2.05, 4.69) is 33.2 Å². The van der Waals surface area contributed by atoms with Crippen LogP contribution in [0.15, 0.2) is 54.2 Å². The van der Waals surface area contributed by atoms with Gasteiger partial charge in [0.25, 0.3) is 5.91 Å². The fourth-order valence-electron chi connectivity index (χ4n) is 2.16. The van der Waals surface area contributed by atoms with Crippen LogP contribution in [-0.4, -0.2) is 19.0 Å². The Bertz CT molecular complexity index is 916. The Morgan fingerprint density at radius 2 is 1.92 bits per heavy atom. The minimum Gasteiger partial charge on any atom is -0.465 e. The molecule has 26 heavy (non-hydrogen) atoms. The number of carbonyl (C=O) groups is 2. The summed E-state index contributed by atoms with van der Waals surface area (Å²) in [6.45, 7) is 1.93. The number of amides is 1. The number of aryl methyl sites for hydroxylation is 1. The second-order valence-electron chi connectivity index (χ2n) is 5.26. The third kappa shape index (κ3) is 4.83. The van der Waals surface area contributed by atoms with Gasteiger partial charge in [0.1, 0.15) is 11.6 Å². The number of hydrogen-bond acceptors (Lipinski definition) is 5. The summed E-state index contributed by atoms with van der Waals surface area (Å²) in [5, 5.41) is 14.8. The molecule has 0 bridgehead atoms. The molecule has 132 valence electrons. The van der Waals surface area contributed by atoms with E-state index < -0.39 is 11.9 Å². The molecule has 2 N–H and O–H groups in total. The van der Waals surface area contributed by atoms with Gasteiger partial charge in [-0.15, -0.1) is 0 Å². The molecule has 0 saturated heterocycles. The Balaban J connectivity index is 2.19. The van der Waals surface area contributed by atoms with Crippen molar-refractivity contribution in [1.82, 2.24) is 0 Å². The van der Waals surface area contributed by atoms with Crippen molar-refractivity contribution in [3.63, 3.8) is 0 Å². The number of rotatable bonds is 5. The number of nitrogens with one attached hydrogen (secondary N) is 2. The molecule has 0 fully saturated rings. The highest BCUT2D eigenvalue weighted by Gasteiger charge is 2.15. The molecule has 0 aliphatic heterocycles. The monoisotopic (exact) mass is 461 g/mol. The largest absolute Gasteiger partial charge is 0.465 e. The number of hydrogen-bond donors (Lipinski definition) is 2. The van der Waals surface area contributed by atoms with Crippen LogP contribution in [0.5, 0.6) is 0 Å². The normalized spacial score (nSPS) is 10.6. The van der Waals surface area contributed by atoms with Gasteiger partial charge >= 0.3 is 5.97 Å². The van der Waals surface area contributed by atoms with Gasteiger partial charge in [-0.25, -0.2) is 4.79 Å². The highest BCUT2D eigenvalue weighted by molar-refractivity contribution is 14.1. The Morgan fingerprint density at radius 1 is 1.19 bits per heavy atom. The summed E-state index contributed by atoms with van der Waals surface area (Å²) in [6.07, 6.45) is 1.34. The number of para-hydroxylation sites is 1. The van der Waals surface area contributed by atoms with Crippen LogP contribution in [0.25, 0.3) is 0 Å². The third-order valence-corrected chi connectivity index (χ3v) is 4.18. The number of anilines is 2. The van der Waals surface area contributed by atoms with Crippen LogP contribution in [0.2, 0.25) is 0 Å². The lowest BCUT2D eigenvalue weighted by molar-refractivity contribution is -0.112. The molecule has 0 spiro atoms. The molecule has 2 rings (SSSR count). The minimum absolute atomic E-state index is 0.123. The lowest BCUT2D eigenvalue weighted by Crippen LogP contribution is -2.17. The molecule has 0 unspecified atom stereocenters. The number of nitriles is 1. The third-order valence-electron chi connectivity index (χ3n) is 3.51. The Kier molecular flexibility index (Phi) is 6.74. The first-order chi connectivity index (χ1) is 12.5. The summed E-state index contributed by atoms with van der Waals surface area (Å²) < 4.78 is 5.78. The zero-order chi connectivity index (χ0) is 19.1. The van der Waals surface area contributed by atoms with Crippen LogP contribution in [-0.2, 0) is 9.53 Å². The molecule has 0 heterocycles. The molecule has 0 aliphatic rings. The van der Waals surface area contributed by atoms with Crippen molar-refractivity contribution in [1.29, 1.82) is 5.26 Å². The molecule has 2 aromatic carbocycles. The van der Waals surface area contributed by atoms with Gasteiger partial charge in [-0.05, 0) is 65.4 Å². The van der Waals surface area contributed by atoms with E-state index in [1.807, 2.05) is 31.2 Å². The van der Waals surface area contributed by atoms with E-state index in [0.717, 1.165) is 14.8 Å². The van der Waals surface area contributed by atoms with Crippen LogP contribution in [0, 0.1) is 21.8 Å². The van der Waals surface area contributed by atoms with E-state index in [-0.39, 0.29) is 16.8 Å². The van der Waals surface area contributed by atoms with Crippen LogP contribution in [0.4, 0.5) is 11.4 Å². The highest BCUT2D eigenvalue weighted by Crippen LogP contribution is 2.19. The maximum absolute atomic E-state index is 12.4. The highest BCUT2D eigenvalue weighted by atomic mass is 127. The lowest BCUT2D eigenvalue weighted by Gasteiger charge is -2.10. The van der Waals surface area contributed by atoms with Crippen molar-refractivity contribution >= 4 is 45.8 Å². The average Bonchev–Trinajstić information content (AvgIpc) is 2.63. The van der Waals surface area contributed by atoms with E-state index in [0.29, 0.717) is 0 Å². The molecule has 1 amide bonds. The summed E-state index contributed by atoms with van der Waals surface area (Å²) in [5.74, 6) is -1.20. The van der Waals surface area contributed by atoms with Gasteiger partial charge in [0, 0.05) is 15.5 Å². The second kappa shape index (κ2) is 9.01. The van der Waals surface area contributed by atoms with Crippen LogP contribution < -0.4 is 10.6 Å². The molecule has 0 radical (unpaired) electrons. The first kappa shape index (κ1) is 19.5. The molecule has 7 heteroatoms. The Labute approximate surface area is 165 Å². The minimum atomic E-state index is -0.625. The molecular weight excluding hydrogens is 445 g/mol. The van der Waals surface area contributed by atoms with Crippen molar-refractivity contribution in [2.45, 2.75) is 6.92 Å². The fraction of sp³-hybridized carbons (Fsp3) is 0.105. The smallest absolute Gasteiger partial charge is 0.339 e. The standard InChI is InChI=1S/C19H16IN3O3/c1-12-9-14(20)7-8-16(12)22-11-13(10-21)18(24)23-17-6-4-3-5-15(17)19(25)26-2/h3-9,11,22H,1-2H3,(H,23,24)/b13-11-. The summed E-state index contributed by atoms with van der Waals surface area (Å²) >= 11 is 2.21. The van der Waals surface area contributed by atoms with Gasteiger partial charge in [-0.1, -0.05) is 12.1 Å². The zero-order valence-electron chi connectivity index (χ0n) is 14.2. The van der Waals surface area contributed by atoms with Crippen molar-refractivity contribution in [2.75, 3.05) is 17.7 Å². The van der Waals surface area contributed by atoms with Crippen LogP contribution in [0.3, 0.4) is 0 Å². The van der Waals surface area contributed by atoms with Gasteiger partial charge in [-0.3, -0.25) is 4.79 Å². The molecular formula is C19H16IN3O3. The van der Waals surface area contributed by atoms with Crippen LogP contribution in [0.1, 0.15) is 15.9 Å². The van der Waals surface area contributed by atoms with E-state index in [1.165, 1.54) is 19.4 Å². The van der Waals surface area contributed by atoms with E-state index in [9.17, 15) is 14.9 Å². The SMILES string of the molecule is COC(=O)c1ccccc1NC(=O)/C(C#N)=C\Nc1ccc(I)cc1C. The Morgan fingerprint density at radius 3 is 2.58 bits per heavy atom. The molecule has 0 aliphatic carbocycles. The van der Waals surface area contributed by atoms with Crippen LogP contribution >= 0.6 is 22.6 Å². The van der Waals surface area contributed by atoms with Gasteiger partial charge in [-0.2, -0.15) is 5.26 Å². The van der Waals surface area contributed by atoms with Crippen molar-refractivity contribution in [3.8, 4) is 6.07 Å². The van der Waals surface area contributed by atoms with E-state index in [4.69, 9.17) is 4.74 Å². The average molecular weight is 461 g/mol. The van der Waals surface area contributed by atoms with Gasteiger partial charge in [0.05, 0.1) is 18.4 Å². The second-order valence-corrected chi connectivity index (χ2v) is 6.51.